The van der Waals surface area contributed by atoms with E-state index in [1.807, 2.05) is 75.4 Å². The Labute approximate surface area is 227 Å². The normalized spacial score (nSPS) is 15.0. The third kappa shape index (κ3) is 4.99. The number of hydrogen-bond donors (Lipinski definition) is 0. The first-order valence-electron chi connectivity index (χ1n) is 12.9. The summed E-state index contributed by atoms with van der Waals surface area (Å²) < 4.78 is 8.31. The van der Waals surface area contributed by atoms with E-state index >= 15 is 0 Å². The zero-order valence-corrected chi connectivity index (χ0v) is 23.1. The predicted molar refractivity (Wildman–Crippen MR) is 149 cm³/mol. The van der Waals surface area contributed by atoms with Crippen LogP contribution in [0.4, 0.5) is 0 Å². The fourth-order valence-electron chi connectivity index (χ4n) is 4.83. The van der Waals surface area contributed by atoms with Gasteiger partial charge in [-0.2, -0.15) is 10.2 Å². The molecule has 1 aliphatic heterocycles. The van der Waals surface area contributed by atoms with Gasteiger partial charge in [-0.25, -0.2) is 14.7 Å². The molecule has 1 unspecified atom stereocenters. The number of carbonyl (C=O) groups excluding carboxylic acids is 1. The van der Waals surface area contributed by atoms with Gasteiger partial charge in [-0.3, -0.25) is 14.2 Å². The van der Waals surface area contributed by atoms with Gasteiger partial charge in [0.2, 0.25) is 5.95 Å². The molecule has 2 aromatic heterocycles. The van der Waals surface area contributed by atoms with Crippen LogP contribution in [0.25, 0.3) is 5.95 Å². The second-order valence-electron chi connectivity index (χ2n) is 10.00. The molecule has 4 aromatic rings. The summed E-state index contributed by atoms with van der Waals surface area (Å²) in [5, 5.41) is 10.8. The number of aryl methyl sites for hydroxylation is 4. The molecule has 0 spiro atoms. The van der Waals surface area contributed by atoms with E-state index in [0.717, 1.165) is 39.5 Å². The fourth-order valence-corrected chi connectivity index (χ4v) is 4.83. The summed E-state index contributed by atoms with van der Waals surface area (Å²) in [6.07, 6.45) is 0.547. The van der Waals surface area contributed by atoms with Crippen LogP contribution in [-0.4, -0.2) is 43.1 Å². The highest BCUT2D eigenvalue weighted by atomic mass is 16.5. The Bertz CT molecular complexity index is 1630. The van der Waals surface area contributed by atoms with Crippen LogP contribution in [0.5, 0.6) is 5.75 Å². The van der Waals surface area contributed by atoms with Crippen molar-refractivity contribution in [3.05, 3.63) is 104 Å². The van der Waals surface area contributed by atoms with E-state index in [0.29, 0.717) is 23.6 Å². The molecule has 1 aliphatic rings. The first-order valence-corrected chi connectivity index (χ1v) is 12.9. The zero-order valence-electron chi connectivity index (χ0n) is 23.1. The molecule has 0 radical (unpaired) electrons. The number of hydrazone groups is 1. The SMILES string of the molecule is COc1ccc(C2=NN(C(=O)Cn3c(-n4nc(C)cc4C)nc(C)c(C)c3=O)C(c3ccc(C)cc3)C2)cc1. The third-order valence-electron chi connectivity index (χ3n) is 7.16. The van der Waals surface area contributed by atoms with Gasteiger partial charge >= 0.3 is 0 Å². The van der Waals surface area contributed by atoms with E-state index in [1.54, 1.807) is 25.6 Å². The van der Waals surface area contributed by atoms with E-state index in [4.69, 9.17) is 9.84 Å². The molecule has 0 bridgehead atoms. The van der Waals surface area contributed by atoms with Gasteiger partial charge in [0.1, 0.15) is 12.3 Å². The molecule has 200 valence electrons. The molecule has 9 nitrogen and oxygen atoms in total. The number of aromatic nitrogens is 4. The van der Waals surface area contributed by atoms with Crippen LogP contribution in [0.2, 0.25) is 0 Å². The van der Waals surface area contributed by atoms with Crippen LogP contribution in [0, 0.1) is 34.6 Å². The zero-order chi connectivity index (χ0) is 27.8. The van der Waals surface area contributed by atoms with Crippen LogP contribution in [0.1, 0.15) is 51.8 Å². The van der Waals surface area contributed by atoms with Crippen molar-refractivity contribution in [3.63, 3.8) is 0 Å². The van der Waals surface area contributed by atoms with Gasteiger partial charge in [-0.15, -0.1) is 0 Å². The number of ether oxygens (including phenoxy) is 1. The maximum Gasteiger partial charge on any atom is 0.263 e. The first-order chi connectivity index (χ1) is 18.7. The molecule has 1 amide bonds. The van der Waals surface area contributed by atoms with Gasteiger partial charge in [0.25, 0.3) is 11.5 Å². The van der Waals surface area contributed by atoms with Crippen LogP contribution in [0.15, 0.2) is 64.5 Å². The number of nitrogens with zero attached hydrogens (tertiary/aromatic N) is 6. The van der Waals surface area contributed by atoms with Crippen LogP contribution < -0.4 is 10.3 Å². The molecule has 0 fully saturated rings. The number of rotatable bonds is 6. The second kappa shape index (κ2) is 10.3. The molecule has 5 rings (SSSR count). The average molecular weight is 525 g/mol. The second-order valence-corrected chi connectivity index (χ2v) is 10.00. The highest BCUT2D eigenvalue weighted by Gasteiger charge is 2.34. The Morgan fingerprint density at radius 1 is 1.00 bits per heavy atom. The van der Waals surface area contributed by atoms with Gasteiger partial charge in [0.05, 0.1) is 24.6 Å². The Hall–Kier alpha value is -4.53. The highest BCUT2D eigenvalue weighted by Crippen LogP contribution is 2.33. The van der Waals surface area contributed by atoms with Gasteiger partial charge in [-0.1, -0.05) is 29.8 Å². The molecule has 0 N–H and O–H groups in total. The van der Waals surface area contributed by atoms with Crippen molar-refractivity contribution in [3.8, 4) is 11.7 Å². The summed E-state index contributed by atoms with van der Waals surface area (Å²) >= 11 is 0. The van der Waals surface area contributed by atoms with Crippen molar-refractivity contribution in [2.45, 2.75) is 53.6 Å². The predicted octanol–water partition coefficient (Wildman–Crippen LogP) is 4.36. The van der Waals surface area contributed by atoms with E-state index in [9.17, 15) is 9.59 Å². The summed E-state index contributed by atoms with van der Waals surface area (Å²) in [5.41, 5.74) is 6.25. The van der Waals surface area contributed by atoms with Crippen molar-refractivity contribution in [1.29, 1.82) is 0 Å². The Morgan fingerprint density at radius 2 is 1.69 bits per heavy atom. The topological polar surface area (TPSA) is 94.6 Å². The minimum atomic E-state index is -0.306. The minimum Gasteiger partial charge on any atom is -0.497 e. The molecule has 1 atom stereocenters. The molecule has 0 aliphatic carbocycles. The van der Waals surface area contributed by atoms with Crippen LogP contribution >= 0.6 is 0 Å². The van der Waals surface area contributed by atoms with Crippen molar-refractivity contribution in [1.82, 2.24) is 24.3 Å². The van der Waals surface area contributed by atoms with Crippen LogP contribution in [0.3, 0.4) is 0 Å². The van der Waals surface area contributed by atoms with Crippen molar-refractivity contribution >= 4 is 11.6 Å². The summed E-state index contributed by atoms with van der Waals surface area (Å²) in [6.45, 7) is 9.10. The Kier molecular flexibility index (Phi) is 6.91. The fraction of sp³-hybridized carbons (Fsp3) is 0.300. The number of methoxy groups -OCH3 is 1. The maximum atomic E-state index is 13.9. The van der Waals surface area contributed by atoms with E-state index in [-0.39, 0.29) is 24.1 Å². The number of benzene rings is 2. The lowest BCUT2D eigenvalue weighted by Crippen LogP contribution is -2.37. The standard InChI is InChI=1S/C30H32N6O3/c1-18-7-9-24(10-8-18)27-16-26(23-11-13-25(39-6)14-12-23)33-36(27)28(37)17-34-29(38)21(4)22(5)31-30(34)35-20(3)15-19(2)32-35/h7-15,27H,16-17H2,1-6H3. The maximum absolute atomic E-state index is 13.9. The van der Waals surface area contributed by atoms with Crippen molar-refractivity contribution < 1.29 is 9.53 Å². The third-order valence-corrected chi connectivity index (χ3v) is 7.16. The Balaban J connectivity index is 1.56. The smallest absolute Gasteiger partial charge is 0.263 e. The van der Waals surface area contributed by atoms with Crippen molar-refractivity contribution in [2.75, 3.05) is 7.11 Å². The average Bonchev–Trinajstić information content (AvgIpc) is 3.52. The number of hydrogen-bond acceptors (Lipinski definition) is 6. The highest BCUT2D eigenvalue weighted by molar-refractivity contribution is 6.03. The molecule has 2 aromatic carbocycles. The molecular formula is C30H32N6O3. The lowest BCUT2D eigenvalue weighted by atomic mass is 9.97. The summed E-state index contributed by atoms with van der Waals surface area (Å²) in [4.78, 5) is 32.1. The molecule has 39 heavy (non-hydrogen) atoms. The first kappa shape index (κ1) is 26.1. The van der Waals surface area contributed by atoms with Gasteiger partial charge in [0.15, 0.2) is 0 Å². The van der Waals surface area contributed by atoms with E-state index in [2.05, 4.69) is 10.1 Å². The van der Waals surface area contributed by atoms with E-state index < -0.39 is 0 Å². The van der Waals surface area contributed by atoms with Crippen LogP contribution in [-0.2, 0) is 11.3 Å². The monoisotopic (exact) mass is 524 g/mol. The molecular weight excluding hydrogens is 492 g/mol. The quantitative estimate of drug-likeness (QED) is 0.374. The van der Waals surface area contributed by atoms with Crippen molar-refractivity contribution in [2.24, 2.45) is 5.10 Å². The number of amides is 1. The largest absolute Gasteiger partial charge is 0.497 e. The molecule has 0 saturated carbocycles. The molecule has 9 heteroatoms. The number of carbonyl (C=O) groups is 1. The van der Waals surface area contributed by atoms with E-state index in [1.165, 1.54) is 9.58 Å². The lowest BCUT2D eigenvalue weighted by Gasteiger charge is -2.23. The Morgan fingerprint density at radius 3 is 2.31 bits per heavy atom. The summed E-state index contributed by atoms with van der Waals surface area (Å²) in [6, 6.07) is 17.4. The van der Waals surface area contributed by atoms with Gasteiger partial charge < -0.3 is 4.74 Å². The molecule has 0 saturated heterocycles. The van der Waals surface area contributed by atoms with Gasteiger partial charge in [-0.05, 0) is 76.1 Å². The lowest BCUT2D eigenvalue weighted by molar-refractivity contribution is -0.133. The van der Waals surface area contributed by atoms with Gasteiger partial charge in [0, 0.05) is 23.4 Å². The summed E-state index contributed by atoms with van der Waals surface area (Å²) in [7, 11) is 1.62. The molecule has 3 heterocycles. The minimum absolute atomic E-state index is 0.220. The summed E-state index contributed by atoms with van der Waals surface area (Å²) in [5.74, 6) is 0.755.